The first-order chi connectivity index (χ1) is 7.74. The molecular weight excluding hydrogens is 206 g/mol. The second-order valence-electron chi connectivity index (χ2n) is 4.08. The highest BCUT2D eigenvalue weighted by Crippen LogP contribution is 2.14. The largest absolute Gasteiger partial charge is 0.367 e. The molecule has 0 aromatic heterocycles. The molecule has 1 fully saturated rings. The third-order valence-corrected chi connectivity index (χ3v) is 2.74. The summed E-state index contributed by atoms with van der Waals surface area (Å²) in [6, 6.07) is 1.97. The highest BCUT2D eigenvalue weighted by molar-refractivity contribution is 5.77. The van der Waals surface area contributed by atoms with Gasteiger partial charge in [-0.2, -0.15) is 5.26 Å². The molecule has 1 saturated heterocycles. The van der Waals surface area contributed by atoms with Crippen molar-refractivity contribution >= 4 is 5.91 Å². The Kier molecular flexibility index (Phi) is 5.83. The lowest BCUT2D eigenvalue weighted by atomic mass is 9.97. The average molecular weight is 225 g/mol. The van der Waals surface area contributed by atoms with Crippen molar-refractivity contribution in [3.05, 3.63) is 0 Å². The van der Waals surface area contributed by atoms with Crippen LogP contribution in [0.3, 0.4) is 0 Å². The summed E-state index contributed by atoms with van der Waals surface area (Å²) in [6.45, 7) is 4.46. The van der Waals surface area contributed by atoms with Gasteiger partial charge in [0.25, 0.3) is 0 Å². The third kappa shape index (κ3) is 4.60. The fourth-order valence-corrected chi connectivity index (χ4v) is 1.68. The minimum atomic E-state index is -0.145. The van der Waals surface area contributed by atoms with Crippen molar-refractivity contribution in [2.45, 2.75) is 25.9 Å². The Labute approximate surface area is 96.2 Å². The second kappa shape index (κ2) is 7.20. The smallest absolute Gasteiger partial charge is 0.246 e. The van der Waals surface area contributed by atoms with Gasteiger partial charge in [-0.15, -0.1) is 0 Å². The Morgan fingerprint density at radius 3 is 3.19 bits per heavy atom. The molecule has 5 heteroatoms. The Bertz CT molecular complexity index is 262. The fraction of sp³-hybridized carbons (Fsp3) is 0.818. The summed E-state index contributed by atoms with van der Waals surface area (Å²) in [4.78, 5) is 11.3. The van der Waals surface area contributed by atoms with Gasteiger partial charge in [-0.25, -0.2) is 0 Å². The van der Waals surface area contributed by atoms with Gasteiger partial charge in [-0.05, 0) is 18.9 Å². The van der Waals surface area contributed by atoms with Gasteiger partial charge in [0.05, 0.1) is 18.6 Å². The number of piperidine rings is 1. The maximum absolute atomic E-state index is 11.3. The van der Waals surface area contributed by atoms with Gasteiger partial charge in [0, 0.05) is 13.1 Å². The predicted octanol–water partition coefficient (Wildman–Crippen LogP) is 0.0309. The first-order valence-corrected chi connectivity index (χ1v) is 5.70. The second-order valence-corrected chi connectivity index (χ2v) is 4.08. The Morgan fingerprint density at radius 1 is 1.69 bits per heavy atom. The Morgan fingerprint density at radius 2 is 2.50 bits per heavy atom. The molecule has 1 aliphatic rings. The van der Waals surface area contributed by atoms with E-state index in [0.717, 1.165) is 19.5 Å². The van der Waals surface area contributed by atoms with Crippen molar-refractivity contribution in [2.24, 2.45) is 5.92 Å². The van der Waals surface area contributed by atoms with Crippen LogP contribution >= 0.6 is 0 Å². The maximum Gasteiger partial charge on any atom is 0.246 e. The first-order valence-electron chi connectivity index (χ1n) is 5.70. The maximum atomic E-state index is 11.3. The van der Waals surface area contributed by atoms with E-state index in [2.05, 4.69) is 17.6 Å². The van der Waals surface area contributed by atoms with E-state index in [9.17, 15) is 4.79 Å². The molecule has 0 aromatic carbocycles. The molecule has 90 valence electrons. The van der Waals surface area contributed by atoms with Crippen LogP contribution in [0.25, 0.3) is 0 Å². The molecule has 1 heterocycles. The Hall–Kier alpha value is -1.12. The van der Waals surface area contributed by atoms with E-state index >= 15 is 0 Å². The molecule has 2 atom stereocenters. The SMILES string of the molecule is CC1CCNCC1OCC(=O)NCCC#N. The number of carbonyl (C=O) groups is 1. The molecule has 0 spiro atoms. The number of nitrogens with zero attached hydrogens (tertiary/aromatic N) is 1. The third-order valence-electron chi connectivity index (χ3n) is 2.74. The van der Waals surface area contributed by atoms with Gasteiger partial charge < -0.3 is 15.4 Å². The van der Waals surface area contributed by atoms with E-state index in [-0.39, 0.29) is 18.6 Å². The molecule has 1 aliphatic heterocycles. The number of hydrogen-bond donors (Lipinski definition) is 2. The zero-order chi connectivity index (χ0) is 11.8. The van der Waals surface area contributed by atoms with Crippen molar-refractivity contribution in [1.82, 2.24) is 10.6 Å². The van der Waals surface area contributed by atoms with Crippen LogP contribution in [0.2, 0.25) is 0 Å². The molecule has 1 amide bonds. The summed E-state index contributed by atoms with van der Waals surface area (Å²) in [5, 5.41) is 14.2. The molecule has 16 heavy (non-hydrogen) atoms. The van der Waals surface area contributed by atoms with Crippen LogP contribution in [-0.4, -0.2) is 38.3 Å². The molecule has 0 radical (unpaired) electrons. The van der Waals surface area contributed by atoms with E-state index in [1.54, 1.807) is 0 Å². The number of rotatable bonds is 5. The molecule has 0 saturated carbocycles. The number of carbonyl (C=O) groups excluding carboxylic acids is 1. The highest BCUT2D eigenvalue weighted by atomic mass is 16.5. The fourth-order valence-electron chi connectivity index (χ4n) is 1.68. The lowest BCUT2D eigenvalue weighted by Crippen LogP contribution is -2.42. The molecule has 0 bridgehead atoms. The van der Waals surface area contributed by atoms with Crippen molar-refractivity contribution in [2.75, 3.05) is 26.2 Å². The number of nitriles is 1. The summed E-state index contributed by atoms with van der Waals surface area (Å²) in [5.41, 5.74) is 0. The molecule has 5 nitrogen and oxygen atoms in total. The normalized spacial score (nSPS) is 24.8. The summed E-state index contributed by atoms with van der Waals surface area (Å²) in [5.74, 6) is 0.348. The summed E-state index contributed by atoms with van der Waals surface area (Å²) in [7, 11) is 0. The van der Waals surface area contributed by atoms with Gasteiger partial charge in [0.2, 0.25) is 5.91 Å². The number of hydrogen-bond acceptors (Lipinski definition) is 4. The number of nitrogens with one attached hydrogen (secondary N) is 2. The van der Waals surface area contributed by atoms with Gasteiger partial charge in [-0.3, -0.25) is 4.79 Å². The molecule has 2 unspecified atom stereocenters. The zero-order valence-electron chi connectivity index (χ0n) is 9.66. The van der Waals surface area contributed by atoms with Crippen LogP contribution in [0.4, 0.5) is 0 Å². The quantitative estimate of drug-likeness (QED) is 0.647. The van der Waals surface area contributed by atoms with E-state index in [1.165, 1.54) is 0 Å². The van der Waals surface area contributed by atoms with E-state index < -0.39 is 0 Å². The molecule has 0 aromatic rings. The summed E-state index contributed by atoms with van der Waals surface area (Å²) < 4.78 is 5.53. The number of amides is 1. The minimum absolute atomic E-state index is 0.0854. The van der Waals surface area contributed by atoms with Crippen LogP contribution in [0.15, 0.2) is 0 Å². The van der Waals surface area contributed by atoms with Gasteiger partial charge in [0.15, 0.2) is 0 Å². The molecular formula is C11H19N3O2. The van der Waals surface area contributed by atoms with Gasteiger partial charge >= 0.3 is 0 Å². The van der Waals surface area contributed by atoms with Gasteiger partial charge in [0.1, 0.15) is 6.61 Å². The van der Waals surface area contributed by atoms with Crippen LogP contribution in [0, 0.1) is 17.2 Å². The first kappa shape index (κ1) is 12.9. The molecule has 0 aliphatic carbocycles. The highest BCUT2D eigenvalue weighted by Gasteiger charge is 2.22. The summed E-state index contributed by atoms with van der Waals surface area (Å²) in [6.07, 6.45) is 1.55. The predicted molar refractivity (Wildman–Crippen MR) is 59.6 cm³/mol. The number of ether oxygens (including phenoxy) is 1. The molecule has 1 rings (SSSR count). The van der Waals surface area contributed by atoms with Crippen molar-refractivity contribution < 1.29 is 9.53 Å². The Balaban J connectivity index is 2.13. The standard InChI is InChI=1S/C11H19N3O2/c1-9-3-6-13-7-10(9)16-8-11(15)14-5-2-4-12/h9-10,13H,2-3,5-8H2,1H3,(H,14,15). The van der Waals surface area contributed by atoms with Crippen molar-refractivity contribution in [3.8, 4) is 6.07 Å². The lowest BCUT2D eigenvalue weighted by Gasteiger charge is -2.29. The lowest BCUT2D eigenvalue weighted by molar-refractivity contribution is -0.129. The zero-order valence-corrected chi connectivity index (χ0v) is 9.66. The van der Waals surface area contributed by atoms with Crippen LogP contribution < -0.4 is 10.6 Å². The van der Waals surface area contributed by atoms with Crippen LogP contribution in [-0.2, 0) is 9.53 Å². The van der Waals surface area contributed by atoms with Gasteiger partial charge in [-0.1, -0.05) is 6.92 Å². The van der Waals surface area contributed by atoms with E-state index in [1.807, 2.05) is 6.07 Å². The van der Waals surface area contributed by atoms with Crippen LogP contribution in [0.1, 0.15) is 19.8 Å². The monoisotopic (exact) mass is 225 g/mol. The minimum Gasteiger partial charge on any atom is -0.367 e. The van der Waals surface area contributed by atoms with Crippen LogP contribution in [0.5, 0.6) is 0 Å². The molecule has 2 N–H and O–H groups in total. The van der Waals surface area contributed by atoms with Crippen molar-refractivity contribution in [1.29, 1.82) is 5.26 Å². The van der Waals surface area contributed by atoms with E-state index in [0.29, 0.717) is 18.9 Å². The van der Waals surface area contributed by atoms with E-state index in [4.69, 9.17) is 10.00 Å². The topological polar surface area (TPSA) is 74.2 Å². The average Bonchev–Trinajstić information content (AvgIpc) is 2.28. The van der Waals surface area contributed by atoms with Crippen molar-refractivity contribution in [3.63, 3.8) is 0 Å². The summed E-state index contributed by atoms with van der Waals surface area (Å²) >= 11 is 0.